The number of benzene rings is 3. The SMILES string of the molecule is O=C(NC1CCCCC1)C(Cc1ccccc1)N(Cc1cccc(Br)c1)C(=O)CCCOc1ccccc1. The lowest BCUT2D eigenvalue weighted by Gasteiger charge is -2.33. The van der Waals surface area contributed by atoms with Gasteiger partial charge in [-0.2, -0.15) is 0 Å². The van der Waals surface area contributed by atoms with Gasteiger partial charge in [0.2, 0.25) is 11.8 Å². The number of nitrogens with zero attached hydrogens (tertiary/aromatic N) is 1. The first-order valence-electron chi connectivity index (χ1n) is 13.6. The molecule has 200 valence electrons. The van der Waals surface area contributed by atoms with Crippen molar-refractivity contribution in [2.45, 2.75) is 70.0 Å². The van der Waals surface area contributed by atoms with Gasteiger partial charge in [-0.25, -0.2) is 0 Å². The first-order chi connectivity index (χ1) is 18.6. The summed E-state index contributed by atoms with van der Waals surface area (Å²) in [6.07, 6.45) is 6.85. The molecular weight excluding hydrogens is 540 g/mol. The Morgan fingerprint density at radius 3 is 2.29 bits per heavy atom. The summed E-state index contributed by atoms with van der Waals surface area (Å²) in [6, 6.07) is 27.1. The molecule has 0 radical (unpaired) electrons. The van der Waals surface area contributed by atoms with Crippen LogP contribution >= 0.6 is 15.9 Å². The van der Waals surface area contributed by atoms with Crippen LogP contribution in [0.2, 0.25) is 0 Å². The van der Waals surface area contributed by atoms with E-state index in [-0.39, 0.29) is 17.9 Å². The Labute approximate surface area is 234 Å². The smallest absolute Gasteiger partial charge is 0.243 e. The van der Waals surface area contributed by atoms with Crippen molar-refractivity contribution in [3.8, 4) is 5.75 Å². The molecule has 1 unspecified atom stereocenters. The van der Waals surface area contributed by atoms with Crippen molar-refractivity contribution >= 4 is 27.7 Å². The van der Waals surface area contributed by atoms with Crippen molar-refractivity contribution in [1.82, 2.24) is 10.2 Å². The first kappa shape index (κ1) is 27.9. The van der Waals surface area contributed by atoms with E-state index < -0.39 is 6.04 Å². The number of halogens is 1. The quantitative estimate of drug-likeness (QED) is 0.244. The number of carbonyl (C=O) groups excluding carboxylic acids is 2. The van der Waals surface area contributed by atoms with Gasteiger partial charge >= 0.3 is 0 Å². The van der Waals surface area contributed by atoms with Gasteiger partial charge < -0.3 is 15.0 Å². The number of hydrogen-bond acceptors (Lipinski definition) is 3. The van der Waals surface area contributed by atoms with E-state index in [9.17, 15) is 9.59 Å². The van der Waals surface area contributed by atoms with Gasteiger partial charge in [0.1, 0.15) is 11.8 Å². The normalized spacial score (nSPS) is 14.4. The molecule has 0 heterocycles. The Balaban J connectivity index is 1.52. The number of ether oxygens (including phenoxy) is 1. The van der Waals surface area contributed by atoms with Crippen LogP contribution in [0.1, 0.15) is 56.1 Å². The summed E-state index contributed by atoms with van der Waals surface area (Å²) in [5.41, 5.74) is 2.02. The minimum absolute atomic E-state index is 0.0404. The Bertz CT molecular complexity index is 1150. The molecule has 3 aromatic carbocycles. The Morgan fingerprint density at radius 1 is 0.895 bits per heavy atom. The highest BCUT2D eigenvalue weighted by Gasteiger charge is 2.31. The minimum atomic E-state index is -0.596. The van der Waals surface area contributed by atoms with E-state index in [1.807, 2.05) is 84.9 Å². The Morgan fingerprint density at radius 2 is 1.58 bits per heavy atom. The van der Waals surface area contributed by atoms with Gasteiger partial charge in [-0.3, -0.25) is 9.59 Å². The summed E-state index contributed by atoms with van der Waals surface area (Å²) in [6.45, 7) is 0.811. The molecule has 4 rings (SSSR count). The van der Waals surface area contributed by atoms with E-state index in [1.165, 1.54) is 6.42 Å². The van der Waals surface area contributed by atoms with Crippen molar-refractivity contribution in [2.75, 3.05) is 6.61 Å². The Hall–Kier alpha value is -3.12. The van der Waals surface area contributed by atoms with Crippen molar-refractivity contribution in [3.05, 3.63) is 101 Å². The molecule has 1 aliphatic rings. The summed E-state index contributed by atoms with van der Waals surface area (Å²) >= 11 is 3.55. The van der Waals surface area contributed by atoms with Gasteiger partial charge in [0.15, 0.2) is 0 Å². The lowest BCUT2D eigenvalue weighted by molar-refractivity contribution is -0.141. The van der Waals surface area contributed by atoms with Crippen LogP contribution in [0.25, 0.3) is 0 Å². The molecule has 1 saturated carbocycles. The molecule has 0 saturated heterocycles. The van der Waals surface area contributed by atoms with Gasteiger partial charge in [-0.05, 0) is 54.7 Å². The topological polar surface area (TPSA) is 58.6 Å². The maximum atomic E-state index is 13.8. The monoisotopic (exact) mass is 576 g/mol. The summed E-state index contributed by atoms with van der Waals surface area (Å²) in [4.78, 5) is 29.3. The maximum Gasteiger partial charge on any atom is 0.243 e. The first-order valence-corrected chi connectivity index (χ1v) is 14.4. The van der Waals surface area contributed by atoms with Crippen molar-refractivity contribution in [1.29, 1.82) is 0 Å². The van der Waals surface area contributed by atoms with E-state index in [4.69, 9.17) is 4.74 Å². The van der Waals surface area contributed by atoms with Gasteiger partial charge in [0.05, 0.1) is 6.61 Å². The number of amides is 2. The van der Waals surface area contributed by atoms with Gasteiger partial charge in [-0.15, -0.1) is 0 Å². The molecule has 5 nitrogen and oxygen atoms in total. The standard InChI is InChI=1S/C32H37BrN2O3/c33-27-15-10-14-26(22-27)24-35(31(36)20-11-21-38-29-18-8-3-9-19-29)30(23-25-12-4-1-5-13-25)32(37)34-28-16-6-2-7-17-28/h1,3-5,8-10,12-15,18-19,22,28,30H,2,6-7,11,16-17,20-21,23-24H2,(H,34,37). The van der Waals surface area contributed by atoms with Crippen LogP contribution in [-0.2, 0) is 22.6 Å². The number of para-hydroxylation sites is 1. The second kappa shape index (κ2) is 14.7. The van der Waals surface area contributed by atoms with Crippen LogP contribution in [0.15, 0.2) is 89.4 Å². The Kier molecular flexibility index (Phi) is 10.8. The molecule has 38 heavy (non-hydrogen) atoms. The summed E-state index contributed by atoms with van der Waals surface area (Å²) in [5, 5.41) is 3.29. The molecular formula is C32H37BrN2O3. The number of hydrogen-bond donors (Lipinski definition) is 1. The van der Waals surface area contributed by atoms with Gasteiger partial charge in [-0.1, -0.05) is 95.9 Å². The largest absolute Gasteiger partial charge is 0.494 e. The lowest BCUT2D eigenvalue weighted by Crippen LogP contribution is -2.52. The zero-order valence-electron chi connectivity index (χ0n) is 21.9. The number of nitrogens with one attached hydrogen (secondary N) is 1. The molecule has 1 N–H and O–H groups in total. The van der Waals surface area contributed by atoms with Crippen molar-refractivity contribution in [2.24, 2.45) is 0 Å². The van der Waals surface area contributed by atoms with Gasteiger partial charge in [0, 0.05) is 29.9 Å². The average Bonchev–Trinajstić information content (AvgIpc) is 2.94. The predicted octanol–water partition coefficient (Wildman–Crippen LogP) is 6.70. The van der Waals surface area contributed by atoms with Crippen LogP contribution in [-0.4, -0.2) is 35.4 Å². The third-order valence-corrected chi connectivity index (χ3v) is 7.50. The summed E-state index contributed by atoms with van der Waals surface area (Å²) in [5.74, 6) is 0.686. The van der Waals surface area contributed by atoms with Gasteiger partial charge in [0.25, 0.3) is 0 Å². The van der Waals surface area contributed by atoms with Crippen LogP contribution < -0.4 is 10.1 Å². The van der Waals surface area contributed by atoms with Crippen molar-refractivity contribution in [3.63, 3.8) is 0 Å². The predicted molar refractivity (Wildman–Crippen MR) is 155 cm³/mol. The minimum Gasteiger partial charge on any atom is -0.494 e. The van der Waals surface area contributed by atoms with Crippen LogP contribution in [0.5, 0.6) is 5.75 Å². The third kappa shape index (κ3) is 8.73. The maximum absolute atomic E-state index is 13.8. The molecule has 0 aromatic heterocycles. The number of carbonyl (C=O) groups is 2. The lowest BCUT2D eigenvalue weighted by atomic mass is 9.94. The molecule has 1 fully saturated rings. The molecule has 6 heteroatoms. The van der Waals surface area contributed by atoms with E-state index in [0.717, 1.165) is 47.0 Å². The average molecular weight is 578 g/mol. The molecule has 2 amide bonds. The number of rotatable bonds is 12. The van der Waals surface area contributed by atoms with E-state index in [2.05, 4.69) is 21.2 Å². The zero-order chi connectivity index (χ0) is 26.6. The van der Waals surface area contributed by atoms with Crippen molar-refractivity contribution < 1.29 is 14.3 Å². The highest BCUT2D eigenvalue weighted by Crippen LogP contribution is 2.21. The summed E-state index contributed by atoms with van der Waals surface area (Å²) < 4.78 is 6.77. The third-order valence-electron chi connectivity index (χ3n) is 7.01. The van der Waals surface area contributed by atoms with Crippen LogP contribution in [0.4, 0.5) is 0 Å². The zero-order valence-corrected chi connectivity index (χ0v) is 23.4. The van der Waals surface area contributed by atoms with Crippen LogP contribution in [0, 0.1) is 0 Å². The molecule has 0 spiro atoms. The molecule has 3 aromatic rings. The highest BCUT2D eigenvalue weighted by atomic mass is 79.9. The highest BCUT2D eigenvalue weighted by molar-refractivity contribution is 9.10. The van der Waals surface area contributed by atoms with E-state index >= 15 is 0 Å². The fourth-order valence-electron chi connectivity index (χ4n) is 5.00. The second-order valence-electron chi connectivity index (χ2n) is 9.97. The summed E-state index contributed by atoms with van der Waals surface area (Å²) in [7, 11) is 0. The molecule has 1 atom stereocenters. The molecule has 1 aliphatic carbocycles. The van der Waals surface area contributed by atoms with E-state index in [0.29, 0.717) is 32.4 Å². The van der Waals surface area contributed by atoms with Crippen LogP contribution in [0.3, 0.4) is 0 Å². The molecule has 0 aliphatic heterocycles. The fraction of sp³-hybridized carbons (Fsp3) is 0.375. The molecule has 0 bridgehead atoms. The van der Waals surface area contributed by atoms with E-state index in [1.54, 1.807) is 4.90 Å². The second-order valence-corrected chi connectivity index (χ2v) is 10.9. The fourth-order valence-corrected chi connectivity index (χ4v) is 5.45.